The van der Waals surface area contributed by atoms with E-state index < -0.39 is 0 Å². The van der Waals surface area contributed by atoms with Crippen LogP contribution in [0.25, 0.3) is 0 Å². The Kier molecular flexibility index (Phi) is 1.66. The number of hydrogen-bond acceptors (Lipinski definition) is 2. The highest BCUT2D eigenvalue weighted by Gasteiger charge is 2.31. The summed E-state index contributed by atoms with van der Waals surface area (Å²) in [6, 6.07) is 0.726. The van der Waals surface area contributed by atoms with Crippen molar-refractivity contribution in [2.75, 3.05) is 13.1 Å². The zero-order valence-electron chi connectivity index (χ0n) is 6.29. The SMILES string of the molecule is O[C@H]1C[C@H]2CCCCN2C1. The van der Waals surface area contributed by atoms with Crippen molar-refractivity contribution in [1.29, 1.82) is 0 Å². The van der Waals surface area contributed by atoms with Crippen molar-refractivity contribution in [3.63, 3.8) is 0 Å². The van der Waals surface area contributed by atoms with Crippen molar-refractivity contribution in [2.24, 2.45) is 0 Å². The molecular weight excluding hydrogens is 126 g/mol. The molecule has 2 nitrogen and oxygen atoms in total. The summed E-state index contributed by atoms with van der Waals surface area (Å²) in [5.74, 6) is 0. The first-order valence-corrected chi connectivity index (χ1v) is 4.28. The molecule has 0 aliphatic carbocycles. The van der Waals surface area contributed by atoms with Crippen LogP contribution in [0.4, 0.5) is 0 Å². The van der Waals surface area contributed by atoms with Gasteiger partial charge in [0.05, 0.1) is 6.10 Å². The summed E-state index contributed by atoms with van der Waals surface area (Å²) in [6.45, 7) is 2.16. The maximum atomic E-state index is 9.32. The molecule has 2 fully saturated rings. The largest absolute Gasteiger partial charge is 0.392 e. The molecule has 10 heavy (non-hydrogen) atoms. The average molecular weight is 141 g/mol. The van der Waals surface area contributed by atoms with Gasteiger partial charge in [-0.05, 0) is 25.8 Å². The molecule has 0 saturated carbocycles. The summed E-state index contributed by atoms with van der Waals surface area (Å²) < 4.78 is 0. The Morgan fingerprint density at radius 2 is 2.20 bits per heavy atom. The van der Waals surface area contributed by atoms with Crippen molar-refractivity contribution >= 4 is 0 Å². The first-order valence-electron chi connectivity index (χ1n) is 4.28. The van der Waals surface area contributed by atoms with Gasteiger partial charge in [0, 0.05) is 12.6 Å². The van der Waals surface area contributed by atoms with E-state index in [4.69, 9.17) is 0 Å². The van der Waals surface area contributed by atoms with Crippen LogP contribution in [0, 0.1) is 0 Å². The van der Waals surface area contributed by atoms with Gasteiger partial charge in [0.2, 0.25) is 0 Å². The van der Waals surface area contributed by atoms with E-state index in [1.165, 1.54) is 25.8 Å². The van der Waals surface area contributed by atoms with Crippen molar-refractivity contribution in [1.82, 2.24) is 4.90 Å². The molecule has 0 amide bonds. The van der Waals surface area contributed by atoms with Gasteiger partial charge in [-0.25, -0.2) is 0 Å². The van der Waals surface area contributed by atoms with E-state index in [9.17, 15) is 5.11 Å². The summed E-state index contributed by atoms with van der Waals surface area (Å²) in [7, 11) is 0. The maximum Gasteiger partial charge on any atom is 0.0682 e. The van der Waals surface area contributed by atoms with Crippen molar-refractivity contribution in [3.8, 4) is 0 Å². The molecule has 2 heterocycles. The number of rotatable bonds is 0. The quantitative estimate of drug-likeness (QED) is 0.534. The molecular formula is C8H15NO. The predicted molar refractivity (Wildman–Crippen MR) is 39.8 cm³/mol. The van der Waals surface area contributed by atoms with Crippen LogP contribution >= 0.6 is 0 Å². The maximum absolute atomic E-state index is 9.32. The lowest BCUT2D eigenvalue weighted by Crippen LogP contribution is -2.34. The zero-order valence-corrected chi connectivity index (χ0v) is 6.29. The molecule has 1 N–H and O–H groups in total. The van der Waals surface area contributed by atoms with Crippen molar-refractivity contribution in [2.45, 2.75) is 37.8 Å². The number of nitrogens with zero attached hydrogens (tertiary/aromatic N) is 1. The molecule has 0 spiro atoms. The summed E-state index contributed by atoms with van der Waals surface area (Å²) in [6.07, 6.45) is 5.02. The van der Waals surface area contributed by atoms with Gasteiger partial charge in [0.15, 0.2) is 0 Å². The Labute approximate surface area is 61.8 Å². The number of aliphatic hydroxyl groups is 1. The Morgan fingerprint density at radius 3 is 3.00 bits per heavy atom. The van der Waals surface area contributed by atoms with Gasteiger partial charge < -0.3 is 5.11 Å². The molecule has 0 aromatic heterocycles. The lowest BCUT2D eigenvalue weighted by atomic mass is 10.0. The van der Waals surface area contributed by atoms with E-state index in [2.05, 4.69) is 4.90 Å². The Bertz CT molecular complexity index is 112. The second-order valence-electron chi connectivity index (χ2n) is 3.53. The fourth-order valence-corrected chi connectivity index (χ4v) is 2.23. The van der Waals surface area contributed by atoms with Crippen LogP contribution in [-0.4, -0.2) is 35.2 Å². The fraction of sp³-hybridized carbons (Fsp3) is 1.00. The molecule has 2 heteroatoms. The molecule has 58 valence electrons. The van der Waals surface area contributed by atoms with Gasteiger partial charge in [-0.15, -0.1) is 0 Å². The average Bonchev–Trinajstić information content (AvgIpc) is 2.27. The molecule has 2 aliphatic rings. The van der Waals surface area contributed by atoms with E-state index in [1.54, 1.807) is 0 Å². The summed E-state index contributed by atoms with van der Waals surface area (Å²) in [4.78, 5) is 2.44. The normalized spacial score (nSPS) is 41.7. The second-order valence-corrected chi connectivity index (χ2v) is 3.53. The minimum Gasteiger partial charge on any atom is -0.392 e. The molecule has 0 unspecified atom stereocenters. The summed E-state index contributed by atoms with van der Waals surface area (Å²) in [5.41, 5.74) is 0. The van der Waals surface area contributed by atoms with Crippen LogP contribution in [0.1, 0.15) is 25.7 Å². The van der Waals surface area contributed by atoms with Crippen LogP contribution < -0.4 is 0 Å². The number of fused-ring (bicyclic) bond motifs is 1. The fourth-order valence-electron chi connectivity index (χ4n) is 2.23. The molecule has 2 atom stereocenters. The van der Waals surface area contributed by atoms with Crippen LogP contribution in [0.5, 0.6) is 0 Å². The minimum absolute atomic E-state index is 0.0249. The lowest BCUT2D eigenvalue weighted by Gasteiger charge is -2.28. The van der Waals surface area contributed by atoms with Crippen molar-refractivity contribution in [3.05, 3.63) is 0 Å². The summed E-state index contributed by atoms with van der Waals surface area (Å²) >= 11 is 0. The van der Waals surface area contributed by atoms with Crippen LogP contribution in [0.15, 0.2) is 0 Å². The lowest BCUT2D eigenvalue weighted by molar-refractivity contribution is 0.166. The minimum atomic E-state index is -0.0249. The third kappa shape index (κ3) is 1.06. The molecule has 0 aromatic carbocycles. The van der Waals surface area contributed by atoms with E-state index >= 15 is 0 Å². The first-order chi connectivity index (χ1) is 4.86. The van der Waals surface area contributed by atoms with E-state index in [-0.39, 0.29) is 6.10 Å². The Balaban J connectivity index is 1.97. The second kappa shape index (κ2) is 2.51. The smallest absolute Gasteiger partial charge is 0.0682 e. The number of aliphatic hydroxyl groups excluding tert-OH is 1. The van der Waals surface area contributed by atoms with Crippen LogP contribution in [0.2, 0.25) is 0 Å². The number of piperidine rings is 1. The van der Waals surface area contributed by atoms with Gasteiger partial charge in [0.25, 0.3) is 0 Å². The van der Waals surface area contributed by atoms with Gasteiger partial charge in [-0.1, -0.05) is 6.42 Å². The van der Waals surface area contributed by atoms with Gasteiger partial charge in [-0.3, -0.25) is 4.90 Å². The van der Waals surface area contributed by atoms with Gasteiger partial charge in [-0.2, -0.15) is 0 Å². The number of hydrogen-bond donors (Lipinski definition) is 1. The molecule has 2 aliphatic heterocycles. The standard InChI is InChI=1S/C8H15NO/c10-8-5-7-3-1-2-4-9(7)6-8/h7-8,10H,1-6H2/t7-,8+/m1/s1. The van der Waals surface area contributed by atoms with Gasteiger partial charge >= 0.3 is 0 Å². The van der Waals surface area contributed by atoms with E-state index in [0.717, 1.165) is 19.0 Å². The third-order valence-electron chi connectivity index (χ3n) is 2.74. The third-order valence-corrected chi connectivity index (χ3v) is 2.74. The molecule has 0 bridgehead atoms. The molecule has 2 saturated heterocycles. The van der Waals surface area contributed by atoms with E-state index in [1.807, 2.05) is 0 Å². The summed E-state index contributed by atoms with van der Waals surface area (Å²) in [5, 5.41) is 9.32. The highest BCUT2D eigenvalue weighted by atomic mass is 16.3. The first kappa shape index (κ1) is 6.62. The zero-order chi connectivity index (χ0) is 6.97. The van der Waals surface area contributed by atoms with Crippen LogP contribution in [-0.2, 0) is 0 Å². The van der Waals surface area contributed by atoms with E-state index in [0.29, 0.717) is 0 Å². The highest BCUT2D eigenvalue weighted by Crippen LogP contribution is 2.26. The highest BCUT2D eigenvalue weighted by molar-refractivity contribution is 4.87. The Morgan fingerprint density at radius 1 is 1.30 bits per heavy atom. The molecule has 0 aromatic rings. The predicted octanol–water partition coefficient (Wildman–Crippen LogP) is 0.605. The topological polar surface area (TPSA) is 23.5 Å². The molecule has 0 radical (unpaired) electrons. The Hall–Kier alpha value is -0.0800. The van der Waals surface area contributed by atoms with Gasteiger partial charge in [0.1, 0.15) is 0 Å². The monoisotopic (exact) mass is 141 g/mol. The van der Waals surface area contributed by atoms with Crippen molar-refractivity contribution < 1.29 is 5.11 Å². The van der Waals surface area contributed by atoms with Crippen LogP contribution in [0.3, 0.4) is 0 Å². The molecule has 2 rings (SSSR count).